The molecule has 0 saturated carbocycles. The van der Waals surface area contributed by atoms with Gasteiger partial charge in [-0.15, -0.1) is 0 Å². The second-order valence-corrected chi connectivity index (χ2v) is 8.79. The molecule has 0 radical (unpaired) electrons. The van der Waals surface area contributed by atoms with Gasteiger partial charge in [-0.3, -0.25) is 4.79 Å². The van der Waals surface area contributed by atoms with Crippen LogP contribution in [0.4, 0.5) is 0 Å². The van der Waals surface area contributed by atoms with E-state index in [4.69, 9.17) is 9.47 Å². The van der Waals surface area contributed by atoms with Crippen molar-refractivity contribution in [2.45, 2.75) is 37.5 Å². The zero-order valence-corrected chi connectivity index (χ0v) is 17.1. The molecule has 2 aliphatic rings. The molecule has 0 N–H and O–H groups in total. The second-order valence-electron chi connectivity index (χ2n) is 6.86. The monoisotopic (exact) mass is 408 g/mol. The summed E-state index contributed by atoms with van der Waals surface area (Å²) in [6.45, 7) is 4.04. The number of hydrogen-bond acceptors (Lipinski definition) is 5. The first kappa shape index (κ1) is 20.8. The lowest BCUT2D eigenvalue weighted by Gasteiger charge is -2.26. The molecule has 1 fully saturated rings. The molecular formula is C20H28N2O5S. The summed E-state index contributed by atoms with van der Waals surface area (Å²) in [5.41, 5.74) is 1.08. The molecule has 28 heavy (non-hydrogen) atoms. The predicted molar refractivity (Wildman–Crippen MR) is 105 cm³/mol. The maximum absolute atomic E-state index is 12.6. The fourth-order valence-electron chi connectivity index (χ4n) is 3.47. The van der Waals surface area contributed by atoms with E-state index < -0.39 is 10.0 Å². The molecule has 0 aromatic heterocycles. The van der Waals surface area contributed by atoms with Gasteiger partial charge in [0, 0.05) is 25.3 Å². The van der Waals surface area contributed by atoms with E-state index in [0.717, 1.165) is 25.0 Å². The van der Waals surface area contributed by atoms with Gasteiger partial charge in [-0.25, -0.2) is 8.42 Å². The fraction of sp³-hybridized carbons (Fsp3) is 0.550. The van der Waals surface area contributed by atoms with Crippen molar-refractivity contribution in [2.24, 2.45) is 0 Å². The highest BCUT2D eigenvalue weighted by molar-refractivity contribution is 7.89. The van der Waals surface area contributed by atoms with E-state index >= 15 is 0 Å². The van der Waals surface area contributed by atoms with Gasteiger partial charge < -0.3 is 14.4 Å². The Morgan fingerprint density at radius 2 is 1.89 bits per heavy atom. The number of likely N-dealkylation sites (N-methyl/N-ethyl adjacent to an activating group) is 1. The molecule has 1 amide bonds. The zero-order chi connectivity index (χ0) is 20.0. The van der Waals surface area contributed by atoms with Crippen molar-refractivity contribution >= 4 is 15.9 Å². The molecule has 1 saturated heterocycles. The Bertz CT molecular complexity index is 798. The van der Waals surface area contributed by atoms with E-state index in [9.17, 15) is 13.2 Å². The highest BCUT2D eigenvalue weighted by Crippen LogP contribution is 2.22. The number of carbonyl (C=O) groups is 1. The number of hydrogen-bond donors (Lipinski definition) is 0. The number of carbonyl (C=O) groups excluding carboxylic acids is 1. The molecule has 8 heteroatoms. The number of amides is 1. The molecule has 0 unspecified atom stereocenters. The Hall–Kier alpha value is -1.90. The number of morpholine rings is 1. The van der Waals surface area contributed by atoms with E-state index in [1.807, 2.05) is 6.92 Å². The van der Waals surface area contributed by atoms with Crippen LogP contribution in [0, 0.1) is 0 Å². The van der Waals surface area contributed by atoms with E-state index in [-0.39, 0.29) is 17.4 Å². The molecule has 1 aliphatic carbocycles. The van der Waals surface area contributed by atoms with Crippen LogP contribution in [-0.2, 0) is 19.6 Å². The van der Waals surface area contributed by atoms with E-state index in [0.29, 0.717) is 38.6 Å². The minimum atomic E-state index is -3.53. The van der Waals surface area contributed by atoms with Crippen LogP contribution in [0.15, 0.2) is 40.9 Å². The number of ether oxygens (including phenoxy) is 2. The van der Waals surface area contributed by atoms with Crippen molar-refractivity contribution in [3.8, 4) is 5.75 Å². The average molecular weight is 409 g/mol. The maximum atomic E-state index is 12.6. The van der Waals surface area contributed by atoms with Gasteiger partial charge in [-0.1, -0.05) is 6.08 Å². The third-order valence-corrected chi connectivity index (χ3v) is 6.94. The maximum Gasteiger partial charge on any atom is 0.264 e. The van der Waals surface area contributed by atoms with E-state index in [2.05, 4.69) is 6.08 Å². The normalized spacial score (nSPS) is 18.4. The SMILES string of the molecule is CCN(C(=O)COc1ccc(S(=O)(=O)N2CCOCC2)cc1)C1=CCCCC1. The Kier molecular flexibility index (Phi) is 7.09. The first-order valence-electron chi connectivity index (χ1n) is 9.82. The molecular weight excluding hydrogens is 380 g/mol. The molecule has 1 aromatic rings. The summed E-state index contributed by atoms with van der Waals surface area (Å²) in [6.07, 6.45) is 6.35. The van der Waals surface area contributed by atoms with Crippen molar-refractivity contribution in [2.75, 3.05) is 39.5 Å². The van der Waals surface area contributed by atoms with Crippen molar-refractivity contribution in [3.63, 3.8) is 0 Å². The lowest BCUT2D eigenvalue weighted by atomic mass is 10.0. The van der Waals surface area contributed by atoms with Crippen molar-refractivity contribution in [1.29, 1.82) is 0 Å². The summed E-state index contributed by atoms with van der Waals surface area (Å²) < 4.78 is 37.5. The van der Waals surface area contributed by atoms with Crippen LogP contribution in [0.25, 0.3) is 0 Å². The van der Waals surface area contributed by atoms with Crippen LogP contribution in [0.2, 0.25) is 0 Å². The standard InChI is InChI=1S/C20H28N2O5S/c1-2-22(17-6-4-3-5-7-17)20(23)16-27-18-8-10-19(11-9-18)28(24,25)21-12-14-26-15-13-21/h6,8-11H,2-5,7,12-16H2,1H3. The molecule has 7 nitrogen and oxygen atoms in total. The fourth-order valence-corrected chi connectivity index (χ4v) is 4.88. The van der Waals surface area contributed by atoms with Gasteiger partial charge in [0.25, 0.3) is 5.91 Å². The number of benzene rings is 1. The third-order valence-electron chi connectivity index (χ3n) is 5.02. The number of allylic oxidation sites excluding steroid dienone is 2. The molecule has 0 bridgehead atoms. The molecule has 1 aromatic carbocycles. The Morgan fingerprint density at radius 3 is 2.50 bits per heavy atom. The lowest BCUT2D eigenvalue weighted by Crippen LogP contribution is -2.40. The number of rotatable bonds is 7. The molecule has 0 atom stereocenters. The summed E-state index contributed by atoms with van der Waals surface area (Å²) in [7, 11) is -3.53. The van der Waals surface area contributed by atoms with Crippen LogP contribution in [0.1, 0.15) is 32.6 Å². The zero-order valence-electron chi connectivity index (χ0n) is 16.3. The summed E-state index contributed by atoms with van der Waals surface area (Å²) >= 11 is 0. The Balaban J connectivity index is 1.59. The summed E-state index contributed by atoms with van der Waals surface area (Å²) in [5, 5.41) is 0. The largest absolute Gasteiger partial charge is 0.484 e. The van der Waals surface area contributed by atoms with Crippen LogP contribution in [-0.4, -0.2) is 63.0 Å². The smallest absolute Gasteiger partial charge is 0.264 e. The average Bonchev–Trinajstić information content (AvgIpc) is 2.74. The van der Waals surface area contributed by atoms with Gasteiger partial charge in [-0.2, -0.15) is 4.31 Å². The Labute approximate surface area is 167 Å². The second kappa shape index (κ2) is 9.54. The van der Waals surface area contributed by atoms with Gasteiger partial charge in [-0.05, 0) is 56.9 Å². The quantitative estimate of drug-likeness (QED) is 0.692. The molecule has 0 spiro atoms. The van der Waals surface area contributed by atoms with Gasteiger partial charge in [0.1, 0.15) is 5.75 Å². The van der Waals surface area contributed by atoms with Gasteiger partial charge in [0.15, 0.2) is 6.61 Å². The van der Waals surface area contributed by atoms with Gasteiger partial charge >= 0.3 is 0 Å². The highest BCUT2D eigenvalue weighted by Gasteiger charge is 2.26. The summed E-state index contributed by atoms with van der Waals surface area (Å²) in [4.78, 5) is 14.5. The van der Waals surface area contributed by atoms with E-state index in [1.54, 1.807) is 17.0 Å². The van der Waals surface area contributed by atoms with Crippen LogP contribution in [0.3, 0.4) is 0 Å². The minimum Gasteiger partial charge on any atom is -0.484 e. The Morgan fingerprint density at radius 1 is 1.18 bits per heavy atom. The third kappa shape index (κ3) is 4.92. The van der Waals surface area contributed by atoms with Crippen LogP contribution < -0.4 is 4.74 Å². The first-order valence-corrected chi connectivity index (χ1v) is 11.3. The molecule has 1 heterocycles. The van der Waals surface area contributed by atoms with Crippen LogP contribution in [0.5, 0.6) is 5.75 Å². The van der Waals surface area contributed by atoms with Crippen LogP contribution >= 0.6 is 0 Å². The topological polar surface area (TPSA) is 76.2 Å². The van der Waals surface area contributed by atoms with Crippen molar-refractivity contribution in [1.82, 2.24) is 9.21 Å². The lowest BCUT2D eigenvalue weighted by molar-refractivity contribution is -0.131. The first-order chi connectivity index (χ1) is 13.5. The van der Waals surface area contributed by atoms with Gasteiger partial charge in [0.2, 0.25) is 10.0 Å². The molecule has 154 valence electrons. The summed E-state index contributed by atoms with van der Waals surface area (Å²) in [6, 6.07) is 6.23. The molecule has 1 aliphatic heterocycles. The number of sulfonamides is 1. The highest BCUT2D eigenvalue weighted by atomic mass is 32.2. The number of nitrogens with zero attached hydrogens (tertiary/aromatic N) is 2. The van der Waals surface area contributed by atoms with Crippen molar-refractivity contribution < 1.29 is 22.7 Å². The minimum absolute atomic E-state index is 0.0687. The van der Waals surface area contributed by atoms with Crippen molar-refractivity contribution in [3.05, 3.63) is 36.0 Å². The van der Waals surface area contributed by atoms with Gasteiger partial charge in [0.05, 0.1) is 18.1 Å². The summed E-state index contributed by atoms with van der Waals surface area (Å²) in [5.74, 6) is 0.392. The van der Waals surface area contributed by atoms with E-state index in [1.165, 1.54) is 22.9 Å². The molecule has 3 rings (SSSR count). The predicted octanol–water partition coefficient (Wildman–Crippen LogP) is 2.39.